The predicted molar refractivity (Wildman–Crippen MR) is 193 cm³/mol. The standard InChI is InChI=1S/C40H59N9O2/c50-39-26-16-7-8-17-27(26)40(51)49(39)29-19-9-18-28-30(29)38-47-36-25-15-6-5-14-24(25)34(45-36)43-32-21-11-2-1-10-20(21)31(41-32)42-33-22-12-3-4-13-23(22)35(44-33)46-37(28)48-38/h7-8,16-17,20-25,28-38,41-48H,1-6,9-15,18-19H2. The van der Waals surface area contributed by atoms with Gasteiger partial charge in [0, 0.05) is 12.0 Å². The van der Waals surface area contributed by atoms with Gasteiger partial charge in [-0.15, -0.1) is 0 Å². The van der Waals surface area contributed by atoms with Crippen LogP contribution in [0.1, 0.15) is 117 Å². The Morgan fingerprint density at radius 3 is 1.08 bits per heavy atom. The van der Waals surface area contributed by atoms with Crippen molar-refractivity contribution in [2.75, 3.05) is 0 Å². The minimum absolute atomic E-state index is 0.0111. The molecule has 10 aliphatic rings. The molecule has 4 aliphatic carbocycles. The van der Waals surface area contributed by atoms with E-state index in [9.17, 15) is 9.59 Å². The van der Waals surface area contributed by atoms with Crippen molar-refractivity contribution in [2.24, 2.45) is 47.3 Å². The van der Waals surface area contributed by atoms with Gasteiger partial charge in [0.25, 0.3) is 11.8 Å². The molecule has 5 saturated heterocycles. The highest BCUT2D eigenvalue weighted by molar-refractivity contribution is 6.21. The lowest BCUT2D eigenvalue weighted by Crippen LogP contribution is -2.62. The summed E-state index contributed by atoms with van der Waals surface area (Å²) in [5.41, 5.74) is 1.13. The molecule has 17 unspecified atom stereocenters. The van der Waals surface area contributed by atoms with Gasteiger partial charge in [-0.2, -0.15) is 0 Å². The molecule has 11 heteroatoms. The fraction of sp³-hybridized carbons (Fsp3) is 0.800. The third kappa shape index (κ3) is 5.19. The van der Waals surface area contributed by atoms with Gasteiger partial charge in [0.2, 0.25) is 0 Å². The molecular weight excluding hydrogens is 639 g/mol. The Balaban J connectivity index is 0.957. The van der Waals surface area contributed by atoms with Crippen LogP contribution in [0.2, 0.25) is 0 Å². The van der Waals surface area contributed by atoms with Crippen LogP contribution in [-0.2, 0) is 0 Å². The van der Waals surface area contributed by atoms with Gasteiger partial charge in [0.05, 0.1) is 60.5 Å². The zero-order chi connectivity index (χ0) is 33.8. The topological polar surface area (TPSA) is 134 Å². The molecule has 6 heterocycles. The first kappa shape index (κ1) is 32.5. The van der Waals surface area contributed by atoms with Crippen molar-refractivity contribution in [3.8, 4) is 0 Å². The first-order chi connectivity index (χ1) is 25.1. The van der Waals surface area contributed by atoms with Crippen molar-refractivity contribution < 1.29 is 9.59 Å². The average molecular weight is 698 g/mol. The van der Waals surface area contributed by atoms with E-state index in [0.717, 1.165) is 19.3 Å². The summed E-state index contributed by atoms with van der Waals surface area (Å²) in [7, 11) is 0. The molecule has 276 valence electrons. The van der Waals surface area contributed by atoms with Crippen LogP contribution in [0.25, 0.3) is 0 Å². The van der Waals surface area contributed by atoms with Crippen LogP contribution in [0.3, 0.4) is 0 Å². The zero-order valence-corrected chi connectivity index (χ0v) is 30.0. The lowest BCUT2D eigenvalue weighted by atomic mass is 9.74. The second-order valence-corrected chi connectivity index (χ2v) is 18.3. The first-order valence-electron chi connectivity index (χ1n) is 21.2. The van der Waals surface area contributed by atoms with E-state index in [1.807, 2.05) is 24.3 Å². The van der Waals surface area contributed by atoms with E-state index >= 15 is 0 Å². The number of imide groups is 1. The third-order valence-corrected chi connectivity index (χ3v) is 16.0. The number of amides is 2. The molecule has 8 bridgehead atoms. The molecular formula is C40H59N9O2. The molecule has 0 aromatic heterocycles. The molecule has 17 atom stereocenters. The summed E-state index contributed by atoms with van der Waals surface area (Å²) in [5.74, 6) is 3.90. The van der Waals surface area contributed by atoms with E-state index in [1.165, 1.54) is 77.0 Å². The Kier molecular flexibility index (Phi) is 8.17. The Bertz CT molecular complexity index is 1490. The van der Waals surface area contributed by atoms with Crippen molar-refractivity contribution in [2.45, 2.75) is 152 Å². The van der Waals surface area contributed by atoms with Crippen molar-refractivity contribution in [3.63, 3.8) is 0 Å². The molecule has 11 nitrogen and oxygen atoms in total. The van der Waals surface area contributed by atoms with Crippen LogP contribution in [0.15, 0.2) is 24.3 Å². The van der Waals surface area contributed by atoms with E-state index in [4.69, 9.17) is 0 Å². The minimum atomic E-state index is -0.135. The summed E-state index contributed by atoms with van der Waals surface area (Å²) in [6.45, 7) is 0. The fourth-order valence-electron chi connectivity index (χ4n) is 13.8. The number of benzene rings is 1. The molecule has 4 saturated carbocycles. The van der Waals surface area contributed by atoms with Gasteiger partial charge in [-0.25, -0.2) is 0 Å². The lowest BCUT2D eigenvalue weighted by Gasteiger charge is -2.42. The molecule has 8 N–H and O–H groups in total. The van der Waals surface area contributed by atoms with Gasteiger partial charge in [-0.05, 0) is 105 Å². The maximum atomic E-state index is 14.0. The average Bonchev–Trinajstić information content (AvgIpc) is 3.95. The van der Waals surface area contributed by atoms with Gasteiger partial charge in [-0.3, -0.25) is 57.0 Å². The fourth-order valence-corrected chi connectivity index (χ4v) is 13.8. The van der Waals surface area contributed by atoms with Gasteiger partial charge >= 0.3 is 0 Å². The van der Waals surface area contributed by atoms with Crippen molar-refractivity contribution in [1.82, 2.24) is 47.4 Å². The molecule has 0 radical (unpaired) electrons. The number of hydrogen-bond acceptors (Lipinski definition) is 10. The Morgan fingerprint density at radius 1 is 0.392 bits per heavy atom. The van der Waals surface area contributed by atoms with Crippen molar-refractivity contribution >= 4 is 11.8 Å². The second-order valence-electron chi connectivity index (χ2n) is 18.3. The van der Waals surface area contributed by atoms with E-state index in [-0.39, 0.29) is 54.6 Å². The summed E-state index contributed by atoms with van der Waals surface area (Å²) < 4.78 is 0. The second kappa shape index (κ2) is 12.8. The molecule has 11 rings (SSSR count). The van der Waals surface area contributed by atoms with Crippen LogP contribution in [0, 0.1) is 47.3 Å². The van der Waals surface area contributed by atoms with Crippen LogP contribution < -0.4 is 42.5 Å². The van der Waals surface area contributed by atoms with Crippen molar-refractivity contribution in [1.29, 1.82) is 0 Å². The maximum absolute atomic E-state index is 14.0. The smallest absolute Gasteiger partial charge is 0.261 e. The normalized spacial score (nSPS) is 50.4. The molecule has 1 aromatic carbocycles. The molecule has 51 heavy (non-hydrogen) atoms. The summed E-state index contributed by atoms with van der Waals surface area (Å²) >= 11 is 0. The van der Waals surface area contributed by atoms with Gasteiger partial charge in [0.15, 0.2) is 0 Å². The minimum Gasteiger partial charge on any atom is -0.286 e. The molecule has 1 aromatic rings. The number of fused-ring (bicyclic) bond motifs is 21. The number of nitrogens with one attached hydrogen (secondary N) is 8. The molecule has 6 aliphatic heterocycles. The summed E-state index contributed by atoms with van der Waals surface area (Å²) in [6, 6.07) is 7.31. The quantitative estimate of drug-likeness (QED) is 0.207. The maximum Gasteiger partial charge on any atom is 0.261 e. The van der Waals surface area contributed by atoms with E-state index in [1.54, 1.807) is 4.90 Å². The predicted octanol–water partition coefficient (Wildman–Crippen LogP) is 2.88. The summed E-state index contributed by atoms with van der Waals surface area (Å²) in [4.78, 5) is 29.7. The van der Waals surface area contributed by atoms with Gasteiger partial charge in [0.1, 0.15) is 0 Å². The van der Waals surface area contributed by atoms with E-state index in [0.29, 0.717) is 71.0 Å². The number of carbonyl (C=O) groups excluding carboxylic acids is 2. The molecule has 0 spiro atoms. The summed E-state index contributed by atoms with van der Waals surface area (Å²) in [6.07, 6.45) is 20.2. The van der Waals surface area contributed by atoms with Gasteiger partial charge in [-0.1, -0.05) is 57.1 Å². The molecule has 9 fully saturated rings. The Hall–Kier alpha value is -1.96. The van der Waals surface area contributed by atoms with Crippen LogP contribution in [0.5, 0.6) is 0 Å². The Labute approximate surface area is 302 Å². The molecule has 2 amide bonds. The highest BCUT2D eigenvalue weighted by Crippen LogP contribution is 2.47. The number of carbonyl (C=O) groups is 2. The number of hydrogen-bond donors (Lipinski definition) is 8. The van der Waals surface area contributed by atoms with E-state index in [2.05, 4.69) is 42.5 Å². The third-order valence-electron chi connectivity index (χ3n) is 16.0. The zero-order valence-electron chi connectivity index (χ0n) is 30.0. The number of nitrogens with zero attached hydrogens (tertiary/aromatic N) is 1. The van der Waals surface area contributed by atoms with Crippen LogP contribution >= 0.6 is 0 Å². The lowest BCUT2D eigenvalue weighted by molar-refractivity contribution is 0.0363. The van der Waals surface area contributed by atoms with Crippen LogP contribution in [0.4, 0.5) is 0 Å². The van der Waals surface area contributed by atoms with Gasteiger partial charge < -0.3 is 0 Å². The number of rotatable bonds is 1. The van der Waals surface area contributed by atoms with Crippen LogP contribution in [-0.4, -0.2) is 72.1 Å². The van der Waals surface area contributed by atoms with E-state index < -0.39 is 0 Å². The summed E-state index contributed by atoms with van der Waals surface area (Å²) in [5, 5.41) is 33.5. The highest BCUT2D eigenvalue weighted by Gasteiger charge is 2.57. The largest absolute Gasteiger partial charge is 0.286 e. The SMILES string of the molecule is O=C1c2ccccc2C(=O)N1C1CCCC2C3NC4NC(NC5NC(NC6NC(NC(N3)C21)C1CCCCC61)C1CCCCC51)C1CCCCC41. The van der Waals surface area contributed by atoms with Crippen molar-refractivity contribution in [3.05, 3.63) is 35.4 Å². The Morgan fingerprint density at radius 2 is 0.706 bits per heavy atom. The first-order valence-corrected chi connectivity index (χ1v) is 21.2. The monoisotopic (exact) mass is 697 g/mol. The highest BCUT2D eigenvalue weighted by atomic mass is 16.2.